The van der Waals surface area contributed by atoms with Gasteiger partial charge in [-0.25, -0.2) is 4.98 Å². The number of imidazole rings is 1. The molecule has 1 aliphatic heterocycles. The van der Waals surface area contributed by atoms with Crippen LogP contribution in [0.15, 0.2) is 66.7 Å². The minimum Gasteiger partial charge on any atom is -0.399 e. The molecule has 1 aromatic heterocycles. The third kappa shape index (κ3) is 4.08. The SMILES string of the molecule is CC(C)c1cccc(C(C)C)c1-n1c(-c2cccc(B3OC(C)(C)C(C)(C)O3)c2)nc2ccccc21. The first-order valence-corrected chi connectivity index (χ1v) is 13.1. The van der Waals surface area contributed by atoms with E-state index in [-0.39, 0.29) is 11.2 Å². The highest BCUT2D eigenvalue weighted by atomic mass is 16.7. The second kappa shape index (κ2) is 8.90. The fourth-order valence-electron chi connectivity index (χ4n) is 5.02. The summed E-state index contributed by atoms with van der Waals surface area (Å²) < 4.78 is 15.1. The summed E-state index contributed by atoms with van der Waals surface area (Å²) in [5.41, 5.74) is 7.28. The van der Waals surface area contributed by atoms with E-state index < -0.39 is 7.12 Å². The number of nitrogens with zero attached hydrogens (tertiary/aromatic N) is 2. The van der Waals surface area contributed by atoms with Gasteiger partial charge in [-0.1, -0.05) is 82.3 Å². The second-order valence-electron chi connectivity index (χ2n) is 11.6. The monoisotopic (exact) mass is 480 g/mol. The van der Waals surface area contributed by atoms with Gasteiger partial charge >= 0.3 is 7.12 Å². The maximum atomic E-state index is 6.37. The molecule has 1 fully saturated rings. The van der Waals surface area contributed by atoms with Gasteiger partial charge in [0.05, 0.1) is 27.9 Å². The average Bonchev–Trinajstić information content (AvgIpc) is 3.32. The van der Waals surface area contributed by atoms with Crippen molar-refractivity contribution < 1.29 is 9.31 Å². The van der Waals surface area contributed by atoms with E-state index in [9.17, 15) is 0 Å². The van der Waals surface area contributed by atoms with Crippen LogP contribution in [-0.4, -0.2) is 27.9 Å². The first-order chi connectivity index (χ1) is 17.0. The summed E-state index contributed by atoms with van der Waals surface area (Å²) in [4.78, 5) is 5.17. The molecule has 0 spiro atoms. The summed E-state index contributed by atoms with van der Waals surface area (Å²) in [6.07, 6.45) is 0. The maximum Gasteiger partial charge on any atom is 0.494 e. The van der Waals surface area contributed by atoms with Crippen LogP contribution in [-0.2, 0) is 9.31 Å². The largest absolute Gasteiger partial charge is 0.494 e. The number of para-hydroxylation sites is 3. The fraction of sp³-hybridized carbons (Fsp3) is 0.387. The normalized spacial score (nSPS) is 17.0. The van der Waals surface area contributed by atoms with Crippen molar-refractivity contribution in [1.29, 1.82) is 0 Å². The number of aromatic nitrogens is 2. The van der Waals surface area contributed by atoms with Gasteiger partial charge in [0.25, 0.3) is 0 Å². The lowest BCUT2D eigenvalue weighted by molar-refractivity contribution is 0.00578. The molecule has 0 radical (unpaired) electrons. The van der Waals surface area contributed by atoms with Crippen LogP contribution in [0.25, 0.3) is 28.1 Å². The Bertz CT molecular complexity index is 1380. The van der Waals surface area contributed by atoms with Gasteiger partial charge in [-0.05, 0) is 68.3 Å². The summed E-state index contributed by atoms with van der Waals surface area (Å²) in [5.74, 6) is 1.69. The molecule has 5 rings (SSSR count). The van der Waals surface area contributed by atoms with Gasteiger partial charge < -0.3 is 9.31 Å². The first-order valence-electron chi connectivity index (χ1n) is 13.1. The molecule has 3 aromatic carbocycles. The van der Waals surface area contributed by atoms with E-state index in [2.05, 4.69) is 127 Å². The Morgan fingerprint density at radius 2 is 1.33 bits per heavy atom. The standard InChI is InChI=1S/C31H37BN2O2/c1-20(2)24-15-12-16-25(21(3)4)28(24)34-27-18-10-9-17-26(27)33-29(34)22-13-11-14-23(19-22)32-35-30(5,6)31(7,8)36-32/h9-21H,1-8H3. The van der Waals surface area contributed by atoms with Gasteiger partial charge in [-0.15, -0.1) is 0 Å². The van der Waals surface area contributed by atoms with Crippen molar-refractivity contribution in [2.75, 3.05) is 0 Å². The Balaban J connectivity index is 1.73. The molecule has 2 heterocycles. The molecule has 36 heavy (non-hydrogen) atoms. The highest BCUT2D eigenvalue weighted by Gasteiger charge is 2.51. The van der Waals surface area contributed by atoms with Gasteiger partial charge in [0, 0.05) is 5.56 Å². The summed E-state index contributed by atoms with van der Waals surface area (Å²) >= 11 is 0. The Labute approximate surface area is 215 Å². The molecule has 0 unspecified atom stereocenters. The second-order valence-corrected chi connectivity index (χ2v) is 11.6. The van der Waals surface area contributed by atoms with Crippen molar-refractivity contribution in [2.24, 2.45) is 0 Å². The zero-order valence-corrected chi connectivity index (χ0v) is 22.8. The summed E-state index contributed by atoms with van der Waals surface area (Å²) in [5, 5.41) is 0. The Morgan fingerprint density at radius 1 is 0.750 bits per heavy atom. The predicted octanol–water partition coefficient (Wildman–Crippen LogP) is 7.24. The molecule has 0 aliphatic carbocycles. The molecule has 0 N–H and O–H groups in total. The van der Waals surface area contributed by atoms with Crippen molar-refractivity contribution in [1.82, 2.24) is 9.55 Å². The molecule has 1 saturated heterocycles. The van der Waals surface area contributed by atoms with Gasteiger partial charge in [-0.2, -0.15) is 0 Å². The Kier molecular flexibility index (Phi) is 6.13. The Hall–Kier alpha value is -2.89. The topological polar surface area (TPSA) is 36.3 Å². The van der Waals surface area contributed by atoms with Crippen LogP contribution in [0.2, 0.25) is 0 Å². The molecule has 5 heteroatoms. The van der Waals surface area contributed by atoms with Crippen LogP contribution in [0.5, 0.6) is 0 Å². The van der Waals surface area contributed by atoms with E-state index in [1.807, 2.05) is 0 Å². The van der Waals surface area contributed by atoms with E-state index >= 15 is 0 Å². The van der Waals surface area contributed by atoms with Crippen LogP contribution in [0.3, 0.4) is 0 Å². The van der Waals surface area contributed by atoms with Crippen molar-refractivity contribution >= 4 is 23.6 Å². The van der Waals surface area contributed by atoms with Crippen LogP contribution in [0.1, 0.15) is 78.4 Å². The van der Waals surface area contributed by atoms with Crippen molar-refractivity contribution in [3.05, 3.63) is 77.9 Å². The minimum atomic E-state index is -0.415. The third-order valence-corrected chi connectivity index (χ3v) is 7.80. The summed E-state index contributed by atoms with van der Waals surface area (Å²) in [6, 6.07) is 23.6. The van der Waals surface area contributed by atoms with Gasteiger partial charge in [0.1, 0.15) is 5.82 Å². The smallest absolute Gasteiger partial charge is 0.399 e. The molecular weight excluding hydrogens is 443 g/mol. The Morgan fingerprint density at radius 3 is 1.94 bits per heavy atom. The zero-order chi connectivity index (χ0) is 25.8. The molecule has 4 aromatic rings. The molecule has 0 bridgehead atoms. The summed E-state index contributed by atoms with van der Waals surface area (Å²) in [7, 11) is -0.415. The van der Waals surface area contributed by atoms with Gasteiger partial charge in [0.2, 0.25) is 0 Å². The van der Waals surface area contributed by atoms with Crippen LogP contribution < -0.4 is 5.46 Å². The zero-order valence-electron chi connectivity index (χ0n) is 22.8. The quantitative estimate of drug-likeness (QED) is 0.283. The van der Waals surface area contributed by atoms with E-state index in [4.69, 9.17) is 14.3 Å². The number of hydrogen-bond acceptors (Lipinski definition) is 3. The maximum absolute atomic E-state index is 6.37. The number of rotatable bonds is 5. The minimum absolute atomic E-state index is 0.379. The molecule has 1 aliphatic rings. The number of benzene rings is 3. The lowest BCUT2D eigenvalue weighted by atomic mass is 9.78. The first kappa shape index (κ1) is 24.8. The van der Waals surface area contributed by atoms with Crippen molar-refractivity contribution in [2.45, 2.75) is 78.4 Å². The average molecular weight is 480 g/mol. The highest BCUT2D eigenvalue weighted by molar-refractivity contribution is 6.62. The van der Waals surface area contributed by atoms with Gasteiger partial charge in [0.15, 0.2) is 0 Å². The number of hydrogen-bond donors (Lipinski definition) is 0. The highest BCUT2D eigenvalue weighted by Crippen LogP contribution is 2.38. The lowest BCUT2D eigenvalue weighted by Crippen LogP contribution is -2.41. The van der Waals surface area contributed by atoms with Crippen molar-refractivity contribution in [3.63, 3.8) is 0 Å². The molecule has 4 nitrogen and oxygen atoms in total. The van der Waals surface area contributed by atoms with Crippen LogP contribution in [0, 0.1) is 0 Å². The predicted molar refractivity (Wildman–Crippen MR) is 150 cm³/mol. The summed E-state index contributed by atoms with van der Waals surface area (Å²) in [6.45, 7) is 17.4. The van der Waals surface area contributed by atoms with Crippen LogP contribution in [0.4, 0.5) is 0 Å². The molecular formula is C31H37BN2O2. The third-order valence-electron chi connectivity index (χ3n) is 7.80. The molecule has 0 saturated carbocycles. The van der Waals surface area contributed by atoms with Crippen LogP contribution >= 0.6 is 0 Å². The molecule has 186 valence electrons. The van der Waals surface area contributed by atoms with Gasteiger partial charge in [-0.3, -0.25) is 4.57 Å². The molecule has 0 atom stereocenters. The lowest BCUT2D eigenvalue weighted by Gasteiger charge is -2.32. The van der Waals surface area contributed by atoms with E-state index in [1.165, 1.54) is 16.8 Å². The number of fused-ring (bicyclic) bond motifs is 1. The fourth-order valence-corrected chi connectivity index (χ4v) is 5.02. The van der Waals surface area contributed by atoms with Crippen molar-refractivity contribution in [3.8, 4) is 17.1 Å². The van der Waals surface area contributed by atoms with E-state index in [0.717, 1.165) is 27.9 Å². The van der Waals surface area contributed by atoms with E-state index in [0.29, 0.717) is 11.8 Å². The molecule has 0 amide bonds. The van der Waals surface area contributed by atoms with E-state index in [1.54, 1.807) is 0 Å².